The van der Waals surface area contributed by atoms with Crippen LogP contribution in [0, 0.1) is 13.8 Å². The average molecular weight is 420 g/mol. The maximum absolute atomic E-state index is 10.7. The highest BCUT2D eigenvalue weighted by molar-refractivity contribution is 5.75. The van der Waals surface area contributed by atoms with E-state index in [1.54, 1.807) is 11.5 Å². The molecule has 166 valence electrons. The number of primary amides is 1. The standard InChI is InChI=1S/C17H19NO2.C2H5NO.CH4N2O.CH5N/c1-12-5-4-6-16(18-3)15(12)11-20-17-8-7-14(10-19)9-13(17)2;1-2(3)4;2-3-1-4;1-2/h4-10,18H,11H2,1-3H3;1H3,(H2,3,4);1H,2H2,(H,3,4);2H2,1H3. The molecule has 2 rings (SSSR count). The van der Waals surface area contributed by atoms with Crippen molar-refractivity contribution in [1.82, 2.24) is 5.43 Å². The third-order valence-corrected chi connectivity index (χ3v) is 3.45. The summed E-state index contributed by atoms with van der Waals surface area (Å²) in [5.74, 6) is 4.88. The van der Waals surface area contributed by atoms with Crippen molar-refractivity contribution in [3.05, 3.63) is 58.7 Å². The van der Waals surface area contributed by atoms with E-state index in [4.69, 9.17) is 9.53 Å². The van der Waals surface area contributed by atoms with Gasteiger partial charge in [-0.15, -0.1) is 0 Å². The van der Waals surface area contributed by atoms with Crippen molar-refractivity contribution < 1.29 is 19.1 Å². The maximum Gasteiger partial charge on any atom is 0.221 e. The first-order valence-corrected chi connectivity index (χ1v) is 8.99. The van der Waals surface area contributed by atoms with Crippen LogP contribution >= 0.6 is 0 Å². The Labute approximate surface area is 177 Å². The lowest BCUT2D eigenvalue weighted by Crippen LogP contribution is -2.18. The van der Waals surface area contributed by atoms with Crippen molar-refractivity contribution in [1.29, 1.82) is 0 Å². The zero-order chi connectivity index (χ0) is 23.5. The molecule has 0 heterocycles. The van der Waals surface area contributed by atoms with Crippen molar-refractivity contribution in [2.75, 3.05) is 19.4 Å². The lowest BCUT2D eigenvalue weighted by molar-refractivity contribution is -0.116. The maximum atomic E-state index is 10.7. The molecule has 0 atom stereocenters. The Morgan fingerprint density at radius 3 is 2.10 bits per heavy atom. The van der Waals surface area contributed by atoms with Crippen LogP contribution in [-0.4, -0.2) is 32.7 Å². The van der Waals surface area contributed by atoms with Crippen molar-refractivity contribution in [2.45, 2.75) is 27.4 Å². The molecule has 0 radical (unpaired) electrons. The van der Waals surface area contributed by atoms with Gasteiger partial charge in [-0.05, 0) is 56.3 Å². The van der Waals surface area contributed by atoms with E-state index in [9.17, 15) is 9.59 Å². The number of carbonyl (C=O) groups is 3. The van der Waals surface area contributed by atoms with Gasteiger partial charge in [0.25, 0.3) is 0 Å². The molecule has 0 bridgehead atoms. The lowest BCUT2D eigenvalue weighted by Gasteiger charge is -2.14. The number of hydrazine groups is 1. The van der Waals surface area contributed by atoms with Crippen molar-refractivity contribution in [3.8, 4) is 5.75 Å². The minimum absolute atomic E-state index is 0.333. The zero-order valence-corrected chi connectivity index (χ0v) is 18.2. The van der Waals surface area contributed by atoms with Gasteiger partial charge in [0.15, 0.2) is 0 Å². The molecule has 0 aliphatic heterocycles. The summed E-state index contributed by atoms with van der Waals surface area (Å²) in [6.45, 7) is 5.82. The van der Waals surface area contributed by atoms with Crippen LogP contribution in [0.3, 0.4) is 0 Å². The quantitative estimate of drug-likeness (QED) is 0.204. The van der Waals surface area contributed by atoms with E-state index in [1.807, 2.05) is 38.2 Å². The first-order chi connectivity index (χ1) is 14.3. The summed E-state index contributed by atoms with van der Waals surface area (Å²) in [4.78, 5) is 28.9. The molecule has 30 heavy (non-hydrogen) atoms. The molecule has 2 aromatic carbocycles. The number of hydrogen-bond acceptors (Lipinski definition) is 7. The van der Waals surface area contributed by atoms with Gasteiger partial charge in [0, 0.05) is 30.8 Å². The number of hydrogen-bond donors (Lipinski definition) is 5. The van der Waals surface area contributed by atoms with Gasteiger partial charge in [0.1, 0.15) is 18.6 Å². The molecule has 0 aliphatic carbocycles. The molecular weight excluding hydrogens is 386 g/mol. The number of amides is 2. The molecule has 8 N–H and O–H groups in total. The fourth-order valence-corrected chi connectivity index (χ4v) is 2.19. The van der Waals surface area contributed by atoms with Crippen LogP contribution in [0.15, 0.2) is 36.4 Å². The monoisotopic (exact) mass is 419 g/mol. The van der Waals surface area contributed by atoms with Crippen molar-refractivity contribution in [3.63, 3.8) is 0 Å². The van der Waals surface area contributed by atoms with Gasteiger partial charge in [-0.25, -0.2) is 5.84 Å². The zero-order valence-electron chi connectivity index (χ0n) is 18.2. The molecule has 0 fully saturated rings. The highest BCUT2D eigenvalue weighted by Crippen LogP contribution is 2.24. The van der Waals surface area contributed by atoms with E-state index in [1.165, 1.54) is 19.5 Å². The molecule has 0 spiro atoms. The topological polar surface area (TPSA) is 163 Å². The number of benzene rings is 2. The third kappa shape index (κ3) is 12.1. The van der Waals surface area contributed by atoms with Crippen LogP contribution in [-0.2, 0) is 16.2 Å². The van der Waals surface area contributed by atoms with Gasteiger partial charge < -0.3 is 21.5 Å². The van der Waals surface area contributed by atoms with Crippen LogP contribution in [0.25, 0.3) is 0 Å². The summed E-state index contributed by atoms with van der Waals surface area (Å²) in [5, 5.41) is 3.18. The molecule has 9 heteroatoms. The van der Waals surface area contributed by atoms with Crippen LogP contribution in [0.2, 0.25) is 0 Å². The van der Waals surface area contributed by atoms with Crippen molar-refractivity contribution >= 4 is 24.3 Å². The molecule has 2 amide bonds. The predicted molar refractivity (Wildman–Crippen MR) is 120 cm³/mol. The Balaban J connectivity index is 0. The number of aldehydes is 1. The number of anilines is 1. The lowest BCUT2D eigenvalue weighted by atomic mass is 10.1. The fourth-order valence-electron chi connectivity index (χ4n) is 2.19. The average Bonchev–Trinajstić information content (AvgIpc) is 2.74. The Morgan fingerprint density at radius 2 is 1.67 bits per heavy atom. The van der Waals surface area contributed by atoms with Crippen LogP contribution in [0.1, 0.15) is 34.0 Å². The summed E-state index contributed by atoms with van der Waals surface area (Å²) in [5.41, 5.74) is 15.8. The first-order valence-electron chi connectivity index (χ1n) is 8.99. The molecule has 0 saturated heterocycles. The molecular formula is C21H33N5O4. The molecule has 9 nitrogen and oxygen atoms in total. The van der Waals surface area contributed by atoms with Crippen LogP contribution < -0.4 is 32.8 Å². The van der Waals surface area contributed by atoms with E-state index in [2.05, 4.69) is 35.6 Å². The summed E-state index contributed by atoms with van der Waals surface area (Å²) in [6.07, 6.45) is 1.25. The van der Waals surface area contributed by atoms with E-state index in [0.717, 1.165) is 28.8 Å². The molecule has 0 aliphatic rings. The summed E-state index contributed by atoms with van der Waals surface area (Å²) in [6, 6.07) is 11.6. The van der Waals surface area contributed by atoms with Gasteiger partial charge in [-0.2, -0.15) is 0 Å². The fraction of sp³-hybridized carbons (Fsp3) is 0.286. The molecule has 0 unspecified atom stereocenters. The molecule has 0 saturated carbocycles. The number of nitrogens with one attached hydrogen (secondary N) is 2. The largest absolute Gasteiger partial charge is 0.489 e. The Morgan fingerprint density at radius 1 is 1.10 bits per heavy atom. The third-order valence-electron chi connectivity index (χ3n) is 3.45. The van der Waals surface area contributed by atoms with E-state index < -0.39 is 0 Å². The smallest absolute Gasteiger partial charge is 0.221 e. The van der Waals surface area contributed by atoms with Gasteiger partial charge in [-0.3, -0.25) is 19.8 Å². The summed E-state index contributed by atoms with van der Waals surface area (Å²) in [7, 11) is 3.41. The highest BCUT2D eigenvalue weighted by atomic mass is 16.5. The highest BCUT2D eigenvalue weighted by Gasteiger charge is 2.07. The summed E-state index contributed by atoms with van der Waals surface area (Å²) >= 11 is 0. The van der Waals surface area contributed by atoms with Crippen LogP contribution in [0.5, 0.6) is 5.75 Å². The summed E-state index contributed by atoms with van der Waals surface area (Å²) < 4.78 is 5.89. The number of carbonyl (C=O) groups excluding carboxylic acids is 3. The van der Waals surface area contributed by atoms with Gasteiger partial charge in [-0.1, -0.05) is 12.1 Å². The molecule has 0 aromatic heterocycles. The number of ether oxygens (including phenoxy) is 1. The minimum atomic E-state index is -0.333. The number of nitrogens with two attached hydrogens (primary N) is 3. The van der Waals surface area contributed by atoms with Gasteiger partial charge >= 0.3 is 0 Å². The second-order valence-electron chi connectivity index (χ2n) is 5.68. The predicted octanol–water partition coefficient (Wildman–Crippen LogP) is 1.41. The second kappa shape index (κ2) is 17.7. The van der Waals surface area contributed by atoms with Gasteiger partial charge in [0.2, 0.25) is 12.3 Å². The van der Waals surface area contributed by atoms with E-state index >= 15 is 0 Å². The first kappa shape index (κ1) is 28.8. The number of rotatable bonds is 6. The van der Waals surface area contributed by atoms with E-state index in [-0.39, 0.29) is 5.91 Å². The number of aryl methyl sites for hydroxylation is 2. The Bertz CT molecular complexity index is 778. The van der Waals surface area contributed by atoms with Gasteiger partial charge in [0.05, 0.1) is 0 Å². The van der Waals surface area contributed by atoms with Crippen molar-refractivity contribution in [2.24, 2.45) is 17.3 Å². The Kier molecular flexibility index (Phi) is 16.9. The second-order valence-corrected chi connectivity index (χ2v) is 5.68. The Hall–Kier alpha value is -3.43. The van der Waals surface area contributed by atoms with Crippen LogP contribution in [0.4, 0.5) is 5.69 Å². The SMILES string of the molecule is CC(N)=O.CN.CNc1cccc(C)c1COc1ccc(C=O)cc1C.NNC=O. The minimum Gasteiger partial charge on any atom is -0.489 e. The molecule has 2 aromatic rings. The normalized spacial score (nSPS) is 8.50. The van der Waals surface area contributed by atoms with E-state index in [0.29, 0.717) is 18.6 Å².